The van der Waals surface area contributed by atoms with Crippen molar-refractivity contribution in [2.24, 2.45) is 0 Å². The van der Waals surface area contributed by atoms with Crippen LogP contribution >= 0.6 is 0 Å². The summed E-state index contributed by atoms with van der Waals surface area (Å²) in [5.74, 6) is -1.51. The van der Waals surface area contributed by atoms with Gasteiger partial charge in [0.1, 0.15) is 11.8 Å². The summed E-state index contributed by atoms with van der Waals surface area (Å²) < 4.78 is 28.6. The summed E-state index contributed by atoms with van der Waals surface area (Å²) >= 11 is 0. The molecule has 18 heavy (non-hydrogen) atoms. The highest BCUT2D eigenvalue weighted by molar-refractivity contribution is 5.89. The molecule has 1 N–H and O–H groups in total. The summed E-state index contributed by atoms with van der Waals surface area (Å²) in [6.07, 6.45) is 0.256. The van der Waals surface area contributed by atoms with Crippen molar-refractivity contribution in [3.63, 3.8) is 0 Å². The Bertz CT molecular complexity index is 439. The van der Waals surface area contributed by atoms with Crippen molar-refractivity contribution in [3.05, 3.63) is 24.3 Å². The van der Waals surface area contributed by atoms with E-state index in [1.54, 1.807) is 0 Å². The minimum Gasteiger partial charge on any atom is -0.480 e. The van der Waals surface area contributed by atoms with Gasteiger partial charge in [0.05, 0.1) is 5.69 Å². The maximum Gasteiger partial charge on any atom is 0.387 e. The van der Waals surface area contributed by atoms with E-state index in [0.29, 0.717) is 0 Å². The van der Waals surface area contributed by atoms with Gasteiger partial charge >= 0.3 is 12.6 Å². The van der Waals surface area contributed by atoms with Gasteiger partial charge in [0.15, 0.2) is 0 Å². The number of ether oxygens (including phenoxy) is 1. The van der Waals surface area contributed by atoms with Gasteiger partial charge in [-0.1, -0.05) is 12.1 Å². The number of para-hydroxylation sites is 2. The Labute approximate surface area is 102 Å². The number of rotatable bonds is 6. The zero-order chi connectivity index (χ0) is 13.7. The van der Waals surface area contributed by atoms with Gasteiger partial charge in [0.2, 0.25) is 6.41 Å². The molecule has 0 aliphatic rings. The van der Waals surface area contributed by atoms with Gasteiger partial charge in [-0.25, -0.2) is 4.79 Å². The van der Waals surface area contributed by atoms with E-state index in [0.717, 1.165) is 4.90 Å². The van der Waals surface area contributed by atoms with Gasteiger partial charge in [-0.2, -0.15) is 8.78 Å². The first-order valence-electron chi connectivity index (χ1n) is 4.97. The lowest BCUT2D eigenvalue weighted by Crippen LogP contribution is -2.38. The predicted molar refractivity (Wildman–Crippen MR) is 58.7 cm³/mol. The Balaban J connectivity index is 3.12. The lowest BCUT2D eigenvalue weighted by Gasteiger charge is -2.23. The van der Waals surface area contributed by atoms with Crippen LogP contribution in [-0.2, 0) is 9.59 Å². The molecule has 0 aliphatic carbocycles. The van der Waals surface area contributed by atoms with E-state index in [9.17, 15) is 18.4 Å². The third kappa shape index (κ3) is 3.16. The van der Waals surface area contributed by atoms with Crippen LogP contribution in [-0.4, -0.2) is 30.1 Å². The smallest absolute Gasteiger partial charge is 0.387 e. The number of carboxylic acid groups (broad SMARTS) is 1. The van der Waals surface area contributed by atoms with Crippen LogP contribution in [0.1, 0.15) is 6.92 Å². The Hall–Kier alpha value is -2.18. The van der Waals surface area contributed by atoms with Crippen molar-refractivity contribution in [2.45, 2.75) is 19.6 Å². The highest BCUT2D eigenvalue weighted by Crippen LogP contribution is 2.29. The number of benzene rings is 1. The van der Waals surface area contributed by atoms with Crippen molar-refractivity contribution >= 4 is 18.1 Å². The predicted octanol–water partition coefficient (Wildman–Crippen LogP) is 1.72. The highest BCUT2D eigenvalue weighted by atomic mass is 19.3. The molecule has 1 atom stereocenters. The van der Waals surface area contributed by atoms with Gasteiger partial charge in [0.25, 0.3) is 0 Å². The third-order valence-electron chi connectivity index (χ3n) is 2.25. The minimum absolute atomic E-state index is 0.0253. The van der Waals surface area contributed by atoms with Crippen molar-refractivity contribution in [1.82, 2.24) is 0 Å². The molecule has 98 valence electrons. The fourth-order valence-electron chi connectivity index (χ4n) is 1.34. The molecule has 1 amide bonds. The summed E-state index contributed by atoms with van der Waals surface area (Å²) in [5.41, 5.74) is -0.0253. The third-order valence-corrected chi connectivity index (χ3v) is 2.25. The number of aliphatic carboxylic acids is 1. The summed E-state index contributed by atoms with van der Waals surface area (Å²) in [7, 11) is 0. The molecular weight excluding hydrogens is 248 g/mol. The number of hydrogen-bond acceptors (Lipinski definition) is 3. The average Bonchev–Trinajstić information content (AvgIpc) is 2.31. The zero-order valence-electron chi connectivity index (χ0n) is 9.42. The Morgan fingerprint density at radius 1 is 1.44 bits per heavy atom. The van der Waals surface area contributed by atoms with Crippen LogP contribution in [0.3, 0.4) is 0 Å². The van der Waals surface area contributed by atoms with E-state index in [2.05, 4.69) is 4.74 Å². The molecule has 1 aromatic carbocycles. The lowest BCUT2D eigenvalue weighted by molar-refractivity contribution is -0.138. The molecule has 1 unspecified atom stereocenters. The van der Waals surface area contributed by atoms with E-state index < -0.39 is 18.6 Å². The number of carbonyl (C=O) groups is 2. The van der Waals surface area contributed by atoms with E-state index in [-0.39, 0.29) is 17.8 Å². The van der Waals surface area contributed by atoms with Crippen LogP contribution in [0, 0.1) is 0 Å². The van der Waals surface area contributed by atoms with Gasteiger partial charge in [0, 0.05) is 0 Å². The molecular formula is C11H11F2NO4. The molecule has 0 fully saturated rings. The number of carbonyl (C=O) groups excluding carboxylic acids is 1. The fourth-order valence-corrected chi connectivity index (χ4v) is 1.34. The summed E-state index contributed by atoms with van der Waals surface area (Å²) in [6, 6.07) is 4.29. The van der Waals surface area contributed by atoms with Crippen molar-refractivity contribution in [3.8, 4) is 5.75 Å². The number of amides is 1. The first-order valence-corrected chi connectivity index (χ1v) is 4.97. The maximum absolute atomic E-state index is 12.2. The molecule has 1 aromatic rings. The summed E-state index contributed by atoms with van der Waals surface area (Å²) in [4.78, 5) is 22.5. The second-order valence-corrected chi connectivity index (χ2v) is 3.37. The van der Waals surface area contributed by atoms with Crippen LogP contribution < -0.4 is 9.64 Å². The van der Waals surface area contributed by atoms with E-state index in [4.69, 9.17) is 5.11 Å². The molecule has 7 heteroatoms. The number of alkyl halides is 2. The topological polar surface area (TPSA) is 66.8 Å². The molecule has 0 bridgehead atoms. The molecule has 0 radical (unpaired) electrons. The standard InChI is InChI=1S/C11H11F2NO4/c1-7(10(16)17)14(6-15)8-4-2-3-5-9(8)18-11(12)13/h2-7,11H,1H3,(H,16,17). The largest absolute Gasteiger partial charge is 0.480 e. The molecule has 0 aromatic heterocycles. The molecule has 0 heterocycles. The second kappa shape index (κ2) is 5.95. The van der Waals surface area contributed by atoms with Crippen LogP contribution in [0.15, 0.2) is 24.3 Å². The summed E-state index contributed by atoms with van der Waals surface area (Å²) in [6.45, 7) is -1.80. The maximum atomic E-state index is 12.2. The normalized spacial score (nSPS) is 12.0. The van der Waals surface area contributed by atoms with Crippen LogP contribution in [0.2, 0.25) is 0 Å². The van der Waals surface area contributed by atoms with Gasteiger partial charge in [-0.3, -0.25) is 9.69 Å². The van der Waals surface area contributed by atoms with Crippen LogP contribution in [0.5, 0.6) is 5.75 Å². The zero-order valence-corrected chi connectivity index (χ0v) is 9.42. The van der Waals surface area contributed by atoms with Gasteiger partial charge < -0.3 is 9.84 Å². The van der Waals surface area contributed by atoms with Crippen molar-refractivity contribution in [1.29, 1.82) is 0 Å². The average molecular weight is 259 g/mol. The molecule has 0 aliphatic heterocycles. The van der Waals surface area contributed by atoms with E-state index >= 15 is 0 Å². The fraction of sp³-hybridized carbons (Fsp3) is 0.273. The van der Waals surface area contributed by atoms with E-state index in [1.165, 1.54) is 31.2 Å². The lowest BCUT2D eigenvalue weighted by atomic mass is 10.2. The minimum atomic E-state index is -3.06. The summed E-state index contributed by atoms with van der Waals surface area (Å²) in [5, 5.41) is 8.83. The molecule has 1 rings (SSSR count). The number of halogens is 2. The van der Waals surface area contributed by atoms with E-state index in [1.807, 2.05) is 0 Å². The molecule has 0 saturated carbocycles. The number of nitrogens with zero attached hydrogens (tertiary/aromatic N) is 1. The monoisotopic (exact) mass is 259 g/mol. The number of hydrogen-bond donors (Lipinski definition) is 1. The van der Waals surface area contributed by atoms with Crippen LogP contribution in [0.25, 0.3) is 0 Å². The quantitative estimate of drug-likeness (QED) is 0.790. The Morgan fingerprint density at radius 2 is 2.06 bits per heavy atom. The van der Waals surface area contributed by atoms with Gasteiger partial charge in [-0.05, 0) is 19.1 Å². The Kier molecular flexibility index (Phi) is 4.59. The number of carboxylic acids is 1. The number of anilines is 1. The van der Waals surface area contributed by atoms with Crippen molar-refractivity contribution < 1.29 is 28.2 Å². The second-order valence-electron chi connectivity index (χ2n) is 3.37. The molecule has 0 saturated heterocycles. The first-order chi connectivity index (χ1) is 8.47. The molecule has 0 spiro atoms. The Morgan fingerprint density at radius 3 is 2.56 bits per heavy atom. The first kappa shape index (κ1) is 13.9. The highest BCUT2D eigenvalue weighted by Gasteiger charge is 2.24. The SMILES string of the molecule is CC(C(=O)O)N(C=O)c1ccccc1OC(F)F. The van der Waals surface area contributed by atoms with Crippen LogP contribution in [0.4, 0.5) is 14.5 Å². The van der Waals surface area contributed by atoms with Gasteiger partial charge in [-0.15, -0.1) is 0 Å². The molecule has 5 nitrogen and oxygen atoms in total. The van der Waals surface area contributed by atoms with Crippen molar-refractivity contribution in [2.75, 3.05) is 4.90 Å².